The summed E-state index contributed by atoms with van der Waals surface area (Å²) in [7, 11) is 0. The van der Waals surface area contributed by atoms with Gasteiger partial charge in [0.2, 0.25) is 6.54 Å². The van der Waals surface area contributed by atoms with Gasteiger partial charge >= 0.3 is 0 Å². The highest BCUT2D eigenvalue weighted by atomic mass is 35.5. The van der Waals surface area contributed by atoms with E-state index in [1.54, 1.807) is 24.3 Å². The van der Waals surface area contributed by atoms with Crippen LogP contribution >= 0.6 is 11.6 Å². The number of halogens is 2. The second kappa shape index (κ2) is 7.13. The third kappa shape index (κ3) is 3.89. The summed E-state index contributed by atoms with van der Waals surface area (Å²) in [4.78, 5) is 22.0. The van der Waals surface area contributed by atoms with Crippen LogP contribution in [0, 0.1) is 15.9 Å². The Hall–Kier alpha value is -2.27. The highest BCUT2D eigenvalue weighted by molar-refractivity contribution is 6.30. The third-order valence-corrected chi connectivity index (χ3v) is 3.73. The van der Waals surface area contributed by atoms with Crippen molar-refractivity contribution in [3.63, 3.8) is 0 Å². The molecule has 114 valence electrons. The smallest absolute Gasteiger partial charge is 0.211 e. The van der Waals surface area contributed by atoms with E-state index in [0.29, 0.717) is 22.4 Å². The van der Waals surface area contributed by atoms with Gasteiger partial charge in [0.1, 0.15) is 12.1 Å². The average Bonchev–Trinajstić information content (AvgIpc) is 2.49. The molecule has 0 amide bonds. The molecule has 22 heavy (non-hydrogen) atoms. The van der Waals surface area contributed by atoms with Crippen LogP contribution in [0.1, 0.15) is 23.0 Å². The number of nitro groups is 1. The molecule has 2 aromatic rings. The molecule has 0 aliphatic heterocycles. The van der Waals surface area contributed by atoms with Gasteiger partial charge in [-0.3, -0.25) is 10.1 Å². The van der Waals surface area contributed by atoms with Crippen molar-refractivity contribution in [1.82, 2.24) is 0 Å². The molecule has 0 aliphatic rings. The van der Waals surface area contributed by atoms with Crippen molar-refractivity contribution in [2.24, 2.45) is 0 Å². The van der Waals surface area contributed by atoms with E-state index >= 15 is 0 Å². The first-order chi connectivity index (χ1) is 10.5. The van der Waals surface area contributed by atoms with E-state index in [1.165, 1.54) is 24.3 Å². The van der Waals surface area contributed by atoms with E-state index in [4.69, 9.17) is 11.6 Å². The van der Waals surface area contributed by atoms with E-state index in [-0.39, 0.29) is 0 Å². The summed E-state index contributed by atoms with van der Waals surface area (Å²) in [6.07, 6.45) is 0.681. The van der Waals surface area contributed by atoms with Gasteiger partial charge < -0.3 is 4.79 Å². The number of rotatable bonds is 6. The van der Waals surface area contributed by atoms with Gasteiger partial charge in [-0.1, -0.05) is 35.9 Å². The molecule has 0 saturated carbocycles. The van der Waals surface area contributed by atoms with E-state index in [2.05, 4.69) is 0 Å². The SMILES string of the molecule is O=C[C@@H](c1ccc(Cl)cc1)[C@@H](C[N+](=O)[O-])c1ccc(F)cc1. The molecule has 0 bridgehead atoms. The minimum atomic E-state index is -0.701. The van der Waals surface area contributed by atoms with E-state index in [1.807, 2.05) is 0 Å². The zero-order valence-electron chi connectivity index (χ0n) is 11.5. The zero-order valence-corrected chi connectivity index (χ0v) is 12.2. The van der Waals surface area contributed by atoms with E-state index < -0.39 is 29.1 Å². The minimum absolute atomic E-state index is 0.419. The Kier molecular flexibility index (Phi) is 5.22. The maximum atomic E-state index is 13.0. The Labute approximate surface area is 131 Å². The number of aldehydes is 1. The van der Waals surface area contributed by atoms with E-state index in [9.17, 15) is 19.3 Å². The quantitative estimate of drug-likeness (QED) is 0.461. The fraction of sp³-hybridized carbons (Fsp3) is 0.188. The molecular weight excluding hydrogens is 309 g/mol. The van der Waals surface area contributed by atoms with Gasteiger partial charge in [-0.05, 0) is 35.4 Å². The van der Waals surface area contributed by atoms with Crippen molar-refractivity contribution in [2.45, 2.75) is 11.8 Å². The van der Waals surface area contributed by atoms with Crippen molar-refractivity contribution >= 4 is 17.9 Å². The summed E-state index contributed by atoms with van der Waals surface area (Å²) in [6, 6.07) is 12.0. The molecule has 0 heterocycles. The summed E-state index contributed by atoms with van der Waals surface area (Å²) >= 11 is 5.82. The second-order valence-electron chi connectivity index (χ2n) is 4.89. The molecule has 0 fully saturated rings. The van der Waals surface area contributed by atoms with Gasteiger partial charge in [0.15, 0.2) is 0 Å². The van der Waals surface area contributed by atoms with Gasteiger partial charge in [-0.15, -0.1) is 0 Å². The lowest BCUT2D eigenvalue weighted by atomic mass is 9.82. The first kappa shape index (κ1) is 16.1. The maximum absolute atomic E-state index is 13.0. The largest absolute Gasteiger partial charge is 0.303 e. The summed E-state index contributed by atoms with van der Waals surface area (Å²) in [6.45, 7) is -0.419. The number of benzene rings is 2. The standard InChI is InChI=1S/C16H13ClFNO3/c17-13-5-1-12(2-6-13)16(10-20)15(9-19(21)22)11-3-7-14(18)8-4-11/h1-8,10,15-16H,9H2/t15-,16-/m0/s1. The summed E-state index contributed by atoms with van der Waals surface area (Å²) in [5.74, 6) is -1.81. The Balaban J connectivity index is 2.41. The van der Waals surface area contributed by atoms with Crippen LogP contribution < -0.4 is 0 Å². The molecule has 2 rings (SSSR count). The van der Waals surface area contributed by atoms with Crippen molar-refractivity contribution < 1.29 is 14.1 Å². The predicted molar refractivity (Wildman–Crippen MR) is 81.3 cm³/mol. The zero-order chi connectivity index (χ0) is 16.1. The van der Waals surface area contributed by atoms with Crippen LogP contribution in [0.3, 0.4) is 0 Å². The summed E-state index contributed by atoms with van der Waals surface area (Å²) < 4.78 is 13.0. The fourth-order valence-electron chi connectivity index (χ4n) is 2.39. The van der Waals surface area contributed by atoms with Crippen LogP contribution in [0.5, 0.6) is 0 Å². The number of hydrogen-bond acceptors (Lipinski definition) is 3. The van der Waals surface area contributed by atoms with Crippen LogP contribution in [0.15, 0.2) is 48.5 Å². The number of carbonyl (C=O) groups excluding carboxylic acids is 1. The van der Waals surface area contributed by atoms with Gasteiger partial charge in [-0.2, -0.15) is 0 Å². The molecule has 2 atom stereocenters. The molecule has 0 unspecified atom stereocenters. The molecule has 0 saturated heterocycles. The molecule has 4 nitrogen and oxygen atoms in total. The van der Waals surface area contributed by atoms with Gasteiger partial charge in [0, 0.05) is 9.95 Å². The topological polar surface area (TPSA) is 60.2 Å². The van der Waals surface area contributed by atoms with Crippen LogP contribution in [0.4, 0.5) is 4.39 Å². The average molecular weight is 322 g/mol. The second-order valence-corrected chi connectivity index (χ2v) is 5.32. The normalized spacial score (nSPS) is 13.4. The lowest BCUT2D eigenvalue weighted by molar-refractivity contribution is -0.483. The molecule has 0 aromatic heterocycles. The Bertz CT molecular complexity index is 658. The van der Waals surface area contributed by atoms with Gasteiger partial charge in [-0.25, -0.2) is 4.39 Å². The summed E-state index contributed by atoms with van der Waals surface area (Å²) in [5, 5.41) is 11.5. The molecule has 0 spiro atoms. The minimum Gasteiger partial charge on any atom is -0.303 e. The van der Waals surface area contributed by atoms with Crippen LogP contribution in [-0.4, -0.2) is 17.8 Å². The molecule has 0 radical (unpaired) electrons. The molecule has 2 aromatic carbocycles. The van der Waals surface area contributed by atoms with Crippen LogP contribution in [-0.2, 0) is 4.79 Å². The number of carbonyl (C=O) groups is 1. The maximum Gasteiger partial charge on any atom is 0.211 e. The number of hydrogen-bond donors (Lipinski definition) is 0. The molecular formula is C16H13ClFNO3. The van der Waals surface area contributed by atoms with Gasteiger partial charge in [0.05, 0.1) is 11.8 Å². The fourth-order valence-corrected chi connectivity index (χ4v) is 2.51. The Morgan fingerprint density at radius 2 is 1.64 bits per heavy atom. The Morgan fingerprint density at radius 3 is 2.14 bits per heavy atom. The molecule has 6 heteroatoms. The first-order valence-electron chi connectivity index (χ1n) is 6.59. The highest BCUT2D eigenvalue weighted by Crippen LogP contribution is 2.32. The lowest BCUT2D eigenvalue weighted by Crippen LogP contribution is -2.21. The monoisotopic (exact) mass is 321 g/mol. The molecule has 0 aliphatic carbocycles. The van der Waals surface area contributed by atoms with Crippen molar-refractivity contribution in [2.75, 3.05) is 6.54 Å². The third-order valence-electron chi connectivity index (χ3n) is 3.48. The lowest BCUT2D eigenvalue weighted by Gasteiger charge is -2.20. The summed E-state index contributed by atoms with van der Waals surface area (Å²) in [5.41, 5.74) is 1.18. The van der Waals surface area contributed by atoms with Crippen LogP contribution in [0.2, 0.25) is 5.02 Å². The molecule has 0 N–H and O–H groups in total. The first-order valence-corrected chi connectivity index (χ1v) is 6.97. The predicted octanol–water partition coefficient (Wildman–Crippen LogP) is 3.82. The van der Waals surface area contributed by atoms with Crippen molar-refractivity contribution in [1.29, 1.82) is 0 Å². The highest BCUT2D eigenvalue weighted by Gasteiger charge is 2.29. The van der Waals surface area contributed by atoms with Crippen LogP contribution in [0.25, 0.3) is 0 Å². The van der Waals surface area contributed by atoms with Gasteiger partial charge in [0.25, 0.3) is 0 Å². The number of nitrogens with zero attached hydrogens (tertiary/aromatic N) is 1. The van der Waals surface area contributed by atoms with E-state index in [0.717, 1.165) is 0 Å². The van der Waals surface area contributed by atoms with Crippen molar-refractivity contribution in [3.05, 3.63) is 80.6 Å². The Morgan fingerprint density at radius 1 is 1.09 bits per heavy atom. The van der Waals surface area contributed by atoms with Crippen molar-refractivity contribution in [3.8, 4) is 0 Å².